The number of hydrogen-bond donors (Lipinski definition) is 0. The molecular formula is C13H12N4O3S. The third-order valence-corrected chi connectivity index (χ3v) is 4.29. The molecule has 2 aromatic rings. The molecule has 0 N–H and O–H groups in total. The van der Waals surface area contributed by atoms with Gasteiger partial charge in [0.15, 0.2) is 5.82 Å². The summed E-state index contributed by atoms with van der Waals surface area (Å²) in [6.07, 6.45) is 1.97. The van der Waals surface area contributed by atoms with Crippen LogP contribution in [0.4, 0.5) is 4.79 Å². The Kier molecular flexibility index (Phi) is 2.78. The van der Waals surface area contributed by atoms with E-state index in [0.717, 1.165) is 18.4 Å². The number of amides is 3. The molecule has 21 heavy (non-hydrogen) atoms. The Bertz CT molecular complexity index is 692. The van der Waals surface area contributed by atoms with Gasteiger partial charge >= 0.3 is 6.03 Å². The largest absolute Gasteiger partial charge is 0.334 e. The van der Waals surface area contributed by atoms with Gasteiger partial charge in [0.05, 0.1) is 12.1 Å². The van der Waals surface area contributed by atoms with Crippen LogP contribution < -0.4 is 0 Å². The summed E-state index contributed by atoms with van der Waals surface area (Å²) in [5, 5.41) is 7.66. The fourth-order valence-electron chi connectivity index (χ4n) is 2.35. The Labute approximate surface area is 124 Å². The first kappa shape index (κ1) is 12.5. The molecule has 2 aliphatic rings. The maximum absolute atomic E-state index is 12.2. The molecule has 0 bridgehead atoms. The Balaban J connectivity index is 1.51. The Hall–Kier alpha value is -2.22. The molecule has 8 heteroatoms. The molecule has 3 amide bonds. The van der Waals surface area contributed by atoms with Gasteiger partial charge in [0, 0.05) is 11.4 Å². The highest BCUT2D eigenvalue weighted by Gasteiger charge is 2.44. The fourth-order valence-corrected chi connectivity index (χ4v) is 2.98. The molecule has 0 unspecified atom stereocenters. The van der Waals surface area contributed by atoms with E-state index in [1.54, 1.807) is 4.90 Å². The zero-order valence-electron chi connectivity index (χ0n) is 11.1. The van der Waals surface area contributed by atoms with E-state index in [1.807, 2.05) is 16.8 Å². The minimum Gasteiger partial charge on any atom is -0.334 e. The van der Waals surface area contributed by atoms with Gasteiger partial charge in [0.2, 0.25) is 0 Å². The van der Waals surface area contributed by atoms with Gasteiger partial charge in [-0.2, -0.15) is 16.3 Å². The van der Waals surface area contributed by atoms with Crippen molar-refractivity contribution in [1.82, 2.24) is 19.9 Å². The van der Waals surface area contributed by atoms with Crippen LogP contribution in [-0.4, -0.2) is 44.5 Å². The fraction of sp³-hybridized carbons (Fsp3) is 0.385. The van der Waals surface area contributed by atoms with E-state index in [9.17, 15) is 9.59 Å². The number of aromatic nitrogens is 2. The third kappa shape index (κ3) is 2.21. The summed E-state index contributed by atoms with van der Waals surface area (Å²) < 4.78 is 5.16. The SMILES string of the molecule is O=C1CN(C2CC2)C(=O)N1Cc1noc(-c2ccsc2)n1. The number of urea groups is 1. The average Bonchev–Trinajstić information content (AvgIpc) is 2.90. The normalized spacial score (nSPS) is 18.9. The number of nitrogens with zero attached hydrogens (tertiary/aromatic N) is 4. The average molecular weight is 304 g/mol. The molecule has 0 spiro atoms. The van der Waals surface area contributed by atoms with Crippen molar-refractivity contribution in [3.8, 4) is 11.5 Å². The Morgan fingerprint density at radius 1 is 1.38 bits per heavy atom. The molecular weight excluding hydrogens is 292 g/mol. The molecule has 108 valence electrons. The van der Waals surface area contributed by atoms with Crippen molar-refractivity contribution in [3.63, 3.8) is 0 Å². The van der Waals surface area contributed by atoms with Gasteiger partial charge in [0.25, 0.3) is 11.8 Å². The van der Waals surface area contributed by atoms with Crippen molar-refractivity contribution >= 4 is 23.3 Å². The van der Waals surface area contributed by atoms with Crippen LogP contribution in [0, 0.1) is 0 Å². The highest BCUT2D eigenvalue weighted by atomic mass is 32.1. The van der Waals surface area contributed by atoms with Gasteiger partial charge in [0.1, 0.15) is 6.54 Å². The second-order valence-corrected chi connectivity index (χ2v) is 5.93. The maximum atomic E-state index is 12.2. The zero-order chi connectivity index (χ0) is 14.4. The Morgan fingerprint density at radius 2 is 2.24 bits per heavy atom. The molecule has 0 atom stereocenters. The molecule has 2 aromatic heterocycles. The quantitative estimate of drug-likeness (QED) is 0.804. The molecule has 1 aliphatic heterocycles. The number of carbonyl (C=O) groups is 2. The number of carbonyl (C=O) groups excluding carboxylic acids is 2. The summed E-state index contributed by atoms with van der Waals surface area (Å²) in [5.74, 6) is 0.550. The number of hydrogen-bond acceptors (Lipinski definition) is 6. The minimum atomic E-state index is -0.246. The van der Waals surface area contributed by atoms with E-state index in [-0.39, 0.29) is 31.1 Å². The van der Waals surface area contributed by atoms with Gasteiger partial charge in [-0.1, -0.05) is 5.16 Å². The third-order valence-electron chi connectivity index (χ3n) is 3.61. The van der Waals surface area contributed by atoms with Gasteiger partial charge in [-0.25, -0.2) is 4.79 Å². The summed E-state index contributed by atoms with van der Waals surface area (Å²) >= 11 is 1.53. The van der Waals surface area contributed by atoms with E-state index in [0.29, 0.717) is 11.7 Å². The molecule has 1 saturated carbocycles. The molecule has 7 nitrogen and oxygen atoms in total. The topological polar surface area (TPSA) is 79.5 Å². The first-order valence-corrected chi connectivity index (χ1v) is 7.63. The van der Waals surface area contributed by atoms with E-state index in [4.69, 9.17) is 4.52 Å². The van der Waals surface area contributed by atoms with Crippen LogP contribution >= 0.6 is 11.3 Å². The summed E-state index contributed by atoms with van der Waals surface area (Å²) in [4.78, 5) is 31.2. The number of rotatable bonds is 4. The lowest BCUT2D eigenvalue weighted by Crippen LogP contribution is -2.34. The predicted octanol–water partition coefficient (Wildman–Crippen LogP) is 1.72. The second kappa shape index (κ2) is 4.66. The number of imide groups is 1. The van der Waals surface area contributed by atoms with Crippen molar-refractivity contribution in [3.05, 3.63) is 22.7 Å². The van der Waals surface area contributed by atoms with Crippen molar-refractivity contribution in [2.24, 2.45) is 0 Å². The molecule has 1 saturated heterocycles. The predicted molar refractivity (Wildman–Crippen MR) is 73.3 cm³/mol. The zero-order valence-corrected chi connectivity index (χ0v) is 11.9. The van der Waals surface area contributed by atoms with Crippen LogP contribution in [0.15, 0.2) is 21.3 Å². The van der Waals surface area contributed by atoms with Crippen LogP contribution in [0.1, 0.15) is 18.7 Å². The highest BCUT2D eigenvalue weighted by molar-refractivity contribution is 7.08. The minimum absolute atomic E-state index is 0.0640. The molecule has 0 radical (unpaired) electrons. The number of thiophene rings is 1. The van der Waals surface area contributed by atoms with Crippen molar-refractivity contribution in [2.75, 3.05) is 6.54 Å². The van der Waals surface area contributed by atoms with Gasteiger partial charge in [-0.15, -0.1) is 0 Å². The monoisotopic (exact) mass is 304 g/mol. The van der Waals surface area contributed by atoms with Crippen molar-refractivity contribution < 1.29 is 14.1 Å². The molecule has 3 heterocycles. The van der Waals surface area contributed by atoms with Crippen LogP contribution in [0.25, 0.3) is 11.5 Å². The van der Waals surface area contributed by atoms with Gasteiger partial charge < -0.3 is 9.42 Å². The first-order valence-electron chi connectivity index (χ1n) is 6.68. The van der Waals surface area contributed by atoms with Crippen LogP contribution in [-0.2, 0) is 11.3 Å². The molecule has 0 aromatic carbocycles. The lowest BCUT2D eigenvalue weighted by atomic mass is 10.3. The van der Waals surface area contributed by atoms with E-state index in [2.05, 4.69) is 10.1 Å². The van der Waals surface area contributed by atoms with Gasteiger partial charge in [-0.05, 0) is 24.3 Å². The summed E-state index contributed by atoms with van der Waals surface area (Å²) in [7, 11) is 0. The van der Waals surface area contributed by atoms with Crippen molar-refractivity contribution in [1.29, 1.82) is 0 Å². The summed E-state index contributed by atoms with van der Waals surface area (Å²) in [6.45, 7) is 0.229. The summed E-state index contributed by atoms with van der Waals surface area (Å²) in [6, 6.07) is 1.87. The maximum Gasteiger partial charge on any atom is 0.327 e. The molecule has 4 rings (SSSR count). The van der Waals surface area contributed by atoms with Crippen LogP contribution in [0.5, 0.6) is 0 Å². The molecule has 2 fully saturated rings. The lowest BCUT2D eigenvalue weighted by molar-refractivity contribution is -0.125. The van der Waals surface area contributed by atoms with Crippen LogP contribution in [0.3, 0.4) is 0 Å². The highest BCUT2D eigenvalue weighted by Crippen LogP contribution is 2.30. The Morgan fingerprint density at radius 3 is 2.95 bits per heavy atom. The van der Waals surface area contributed by atoms with E-state index < -0.39 is 0 Å². The second-order valence-electron chi connectivity index (χ2n) is 5.15. The van der Waals surface area contributed by atoms with E-state index >= 15 is 0 Å². The standard InChI is InChI=1S/C13H12N4O3S/c18-11-6-16(9-1-2-9)13(19)17(11)5-10-14-12(20-15-10)8-3-4-21-7-8/h3-4,7,9H,1-2,5-6H2. The van der Waals surface area contributed by atoms with E-state index in [1.165, 1.54) is 16.2 Å². The molecule has 1 aliphatic carbocycles. The van der Waals surface area contributed by atoms with Crippen LogP contribution in [0.2, 0.25) is 0 Å². The smallest absolute Gasteiger partial charge is 0.327 e. The van der Waals surface area contributed by atoms with Gasteiger partial charge in [-0.3, -0.25) is 9.69 Å². The first-order chi connectivity index (χ1) is 10.2. The summed E-state index contributed by atoms with van der Waals surface area (Å²) in [5.41, 5.74) is 0.845. The van der Waals surface area contributed by atoms with Crippen molar-refractivity contribution in [2.45, 2.75) is 25.4 Å². The lowest BCUT2D eigenvalue weighted by Gasteiger charge is -2.14.